The second kappa shape index (κ2) is 9.62. The van der Waals surface area contributed by atoms with E-state index in [1.54, 1.807) is 17.5 Å². The molecule has 1 amide bonds. The van der Waals surface area contributed by atoms with E-state index < -0.39 is 6.36 Å². The van der Waals surface area contributed by atoms with E-state index in [-0.39, 0.29) is 24.1 Å². The Kier molecular flexibility index (Phi) is 6.38. The first-order chi connectivity index (χ1) is 16.8. The highest BCUT2D eigenvalue weighted by Gasteiger charge is 2.31. The zero-order valence-corrected chi connectivity index (χ0v) is 19.6. The fourth-order valence-electron chi connectivity index (χ4n) is 3.61. The van der Waals surface area contributed by atoms with Gasteiger partial charge >= 0.3 is 6.36 Å². The van der Waals surface area contributed by atoms with Gasteiger partial charge in [0.25, 0.3) is 0 Å². The highest BCUT2D eigenvalue weighted by atomic mass is 32.1. The van der Waals surface area contributed by atoms with Gasteiger partial charge in [0, 0.05) is 25.3 Å². The molecule has 0 bridgehead atoms. The summed E-state index contributed by atoms with van der Waals surface area (Å²) in [7, 11) is 0. The lowest BCUT2D eigenvalue weighted by molar-refractivity contribution is -0.274. The summed E-state index contributed by atoms with van der Waals surface area (Å²) in [4.78, 5) is 23.4. The molecule has 5 rings (SSSR count). The third kappa shape index (κ3) is 5.95. The fourth-order valence-corrected chi connectivity index (χ4v) is 5.31. The summed E-state index contributed by atoms with van der Waals surface area (Å²) in [5.41, 5.74) is 1.29. The Hall–Kier alpha value is -3.52. The minimum Gasteiger partial charge on any atom is -0.406 e. The van der Waals surface area contributed by atoms with Gasteiger partial charge in [-0.25, -0.2) is 4.98 Å². The lowest BCUT2D eigenvalue weighted by Gasteiger charge is -2.14. The standard InChI is InChI=1S/C21H18F3N7O2S2/c22-21(23,24)33-14-5-3-12(4-6-14)10-16(32)27-19-30-29-18(35-19)26-13-7-9-31(11-13)20-28-17-15(34-20)2-1-8-25-17/h1-6,8,13H,7,9-11H2,(H,26,29)(H,27,30,32). The molecule has 3 aromatic heterocycles. The van der Waals surface area contributed by atoms with Crippen molar-refractivity contribution in [2.45, 2.75) is 25.2 Å². The lowest BCUT2D eigenvalue weighted by Crippen LogP contribution is -2.25. The molecule has 1 aliphatic heterocycles. The molecule has 2 N–H and O–H groups in total. The van der Waals surface area contributed by atoms with Crippen molar-refractivity contribution in [3.8, 4) is 5.75 Å². The molecule has 0 saturated carbocycles. The monoisotopic (exact) mass is 521 g/mol. The van der Waals surface area contributed by atoms with Gasteiger partial charge in [0.05, 0.1) is 11.1 Å². The number of fused-ring (bicyclic) bond motifs is 1. The number of carbonyl (C=O) groups is 1. The van der Waals surface area contributed by atoms with Gasteiger partial charge in [0.1, 0.15) is 5.75 Å². The van der Waals surface area contributed by atoms with Crippen molar-refractivity contribution in [3.05, 3.63) is 48.2 Å². The average Bonchev–Trinajstić information content (AvgIpc) is 3.54. The first-order valence-corrected chi connectivity index (χ1v) is 12.2. The number of benzene rings is 1. The maximum absolute atomic E-state index is 12.3. The van der Waals surface area contributed by atoms with Crippen LogP contribution < -0.4 is 20.3 Å². The number of halogens is 3. The Morgan fingerprint density at radius 3 is 2.71 bits per heavy atom. The number of ether oxygens (including phenoxy) is 1. The average molecular weight is 522 g/mol. The molecular formula is C21H18F3N7O2S2. The Morgan fingerprint density at radius 2 is 1.94 bits per heavy atom. The Bertz CT molecular complexity index is 1290. The predicted molar refractivity (Wildman–Crippen MR) is 127 cm³/mol. The number of aromatic nitrogens is 4. The summed E-state index contributed by atoms with van der Waals surface area (Å²) in [6.45, 7) is 1.61. The molecule has 0 aliphatic carbocycles. The maximum atomic E-state index is 12.3. The van der Waals surface area contributed by atoms with E-state index in [1.165, 1.54) is 35.6 Å². The molecule has 9 nitrogen and oxygen atoms in total. The molecule has 1 fully saturated rings. The summed E-state index contributed by atoms with van der Waals surface area (Å²) in [5, 5.41) is 16.0. The van der Waals surface area contributed by atoms with E-state index in [0.717, 1.165) is 35.0 Å². The van der Waals surface area contributed by atoms with Gasteiger partial charge in [0.2, 0.25) is 16.2 Å². The Morgan fingerprint density at radius 1 is 1.14 bits per heavy atom. The van der Waals surface area contributed by atoms with E-state index in [1.807, 2.05) is 12.1 Å². The van der Waals surface area contributed by atoms with Gasteiger partial charge in [-0.1, -0.05) is 34.8 Å². The van der Waals surface area contributed by atoms with Gasteiger partial charge in [-0.2, -0.15) is 4.98 Å². The first kappa shape index (κ1) is 23.2. The van der Waals surface area contributed by atoms with Crippen molar-refractivity contribution in [1.82, 2.24) is 20.2 Å². The van der Waals surface area contributed by atoms with Crippen molar-refractivity contribution in [1.29, 1.82) is 0 Å². The minimum absolute atomic E-state index is 0.0246. The number of nitrogens with one attached hydrogen (secondary N) is 2. The van der Waals surface area contributed by atoms with Crippen LogP contribution in [0.4, 0.5) is 28.6 Å². The van der Waals surface area contributed by atoms with Gasteiger partial charge in [0.15, 0.2) is 10.8 Å². The number of amides is 1. The highest BCUT2D eigenvalue weighted by molar-refractivity contribution is 7.22. The molecule has 35 heavy (non-hydrogen) atoms. The third-order valence-corrected chi connectivity index (χ3v) is 6.97. The normalized spacial score (nSPS) is 16.0. The van der Waals surface area contributed by atoms with Crippen LogP contribution in [0, 0.1) is 0 Å². The molecule has 1 aliphatic rings. The zero-order chi connectivity index (χ0) is 24.4. The number of hydrogen-bond acceptors (Lipinski definition) is 10. The van der Waals surface area contributed by atoms with Gasteiger partial charge in [-0.05, 0) is 36.2 Å². The molecule has 4 aromatic rings. The van der Waals surface area contributed by atoms with Crippen LogP contribution in [0.15, 0.2) is 42.6 Å². The molecule has 1 atom stereocenters. The number of nitrogens with zero attached hydrogens (tertiary/aromatic N) is 5. The number of carbonyl (C=O) groups excluding carboxylic acids is 1. The molecule has 1 saturated heterocycles. The minimum atomic E-state index is -4.76. The van der Waals surface area contributed by atoms with Crippen molar-refractivity contribution >= 4 is 54.3 Å². The molecule has 4 heterocycles. The molecule has 1 unspecified atom stereocenters. The van der Waals surface area contributed by atoms with Gasteiger partial charge in [-0.15, -0.1) is 23.4 Å². The number of pyridine rings is 1. The van der Waals surface area contributed by atoms with Crippen molar-refractivity contribution < 1.29 is 22.7 Å². The lowest BCUT2D eigenvalue weighted by atomic mass is 10.1. The SMILES string of the molecule is O=C(Cc1ccc(OC(F)(F)F)cc1)Nc1nnc(NC2CCN(c3nc4ncccc4s3)C2)s1. The maximum Gasteiger partial charge on any atom is 0.573 e. The van der Waals surface area contributed by atoms with E-state index in [0.29, 0.717) is 15.8 Å². The fraction of sp³-hybridized carbons (Fsp3) is 0.286. The number of alkyl halides is 3. The first-order valence-electron chi connectivity index (χ1n) is 10.5. The molecule has 0 radical (unpaired) electrons. The molecule has 1 aromatic carbocycles. The van der Waals surface area contributed by atoms with Crippen LogP contribution in [-0.4, -0.2) is 51.6 Å². The van der Waals surface area contributed by atoms with E-state index >= 15 is 0 Å². The number of hydrogen-bond donors (Lipinski definition) is 2. The number of thiazole rings is 1. The van der Waals surface area contributed by atoms with Gasteiger partial charge in [-0.3, -0.25) is 4.79 Å². The van der Waals surface area contributed by atoms with Crippen molar-refractivity contribution in [2.75, 3.05) is 28.6 Å². The van der Waals surface area contributed by atoms with Crippen LogP contribution in [0.2, 0.25) is 0 Å². The van der Waals surface area contributed by atoms with Gasteiger partial charge < -0.3 is 20.3 Å². The topological polar surface area (TPSA) is 105 Å². The summed E-state index contributed by atoms with van der Waals surface area (Å²) >= 11 is 2.83. The molecule has 182 valence electrons. The molecule has 14 heteroatoms. The van der Waals surface area contributed by atoms with Crippen LogP contribution in [0.1, 0.15) is 12.0 Å². The number of anilines is 3. The Balaban J connectivity index is 1.11. The van der Waals surface area contributed by atoms with E-state index in [4.69, 9.17) is 0 Å². The second-order valence-corrected chi connectivity index (χ2v) is 9.71. The van der Waals surface area contributed by atoms with E-state index in [9.17, 15) is 18.0 Å². The summed E-state index contributed by atoms with van der Waals surface area (Å²) in [6.07, 6.45) is -2.15. The van der Waals surface area contributed by atoms with Crippen LogP contribution in [0.25, 0.3) is 10.3 Å². The van der Waals surface area contributed by atoms with Crippen LogP contribution in [0.5, 0.6) is 5.75 Å². The Labute approximate surface area is 205 Å². The zero-order valence-electron chi connectivity index (χ0n) is 18.0. The van der Waals surface area contributed by atoms with Crippen LogP contribution in [-0.2, 0) is 11.2 Å². The number of rotatable bonds is 7. The summed E-state index contributed by atoms with van der Waals surface area (Å²) < 4.78 is 41.6. The summed E-state index contributed by atoms with van der Waals surface area (Å²) in [5.74, 6) is -0.694. The highest BCUT2D eigenvalue weighted by Crippen LogP contribution is 2.31. The molecule has 0 spiro atoms. The second-order valence-electron chi connectivity index (χ2n) is 7.73. The molecular weight excluding hydrogens is 503 g/mol. The predicted octanol–water partition coefficient (Wildman–Crippen LogP) is 4.31. The summed E-state index contributed by atoms with van der Waals surface area (Å²) in [6, 6.07) is 9.20. The quantitative estimate of drug-likeness (QED) is 0.371. The smallest absolute Gasteiger partial charge is 0.406 e. The van der Waals surface area contributed by atoms with Crippen molar-refractivity contribution in [2.24, 2.45) is 0 Å². The largest absolute Gasteiger partial charge is 0.573 e. The van der Waals surface area contributed by atoms with Crippen molar-refractivity contribution in [3.63, 3.8) is 0 Å². The third-order valence-electron chi connectivity index (χ3n) is 5.13. The van der Waals surface area contributed by atoms with E-state index in [2.05, 4.69) is 40.4 Å². The van der Waals surface area contributed by atoms with Crippen LogP contribution >= 0.6 is 22.7 Å². The van der Waals surface area contributed by atoms with Crippen LogP contribution in [0.3, 0.4) is 0 Å².